The predicted octanol–water partition coefficient (Wildman–Crippen LogP) is 4.20. The Hall–Kier alpha value is -0.0800. The molecule has 0 spiro atoms. The van der Waals surface area contributed by atoms with Crippen LogP contribution in [-0.4, -0.2) is 36.1 Å². The van der Waals surface area contributed by atoms with E-state index in [0.717, 1.165) is 35.9 Å². The van der Waals surface area contributed by atoms with Gasteiger partial charge >= 0.3 is 0 Å². The van der Waals surface area contributed by atoms with Gasteiger partial charge in [0, 0.05) is 31.2 Å². The normalized spacial score (nSPS) is 41.3. The van der Waals surface area contributed by atoms with E-state index in [4.69, 9.17) is 0 Å². The number of nitrogens with one attached hydrogen (secondary N) is 1. The van der Waals surface area contributed by atoms with Gasteiger partial charge in [0.1, 0.15) is 0 Å². The molecule has 0 aromatic heterocycles. The van der Waals surface area contributed by atoms with E-state index >= 15 is 0 Å². The highest BCUT2D eigenvalue weighted by atomic mass is 15.2. The molecule has 0 amide bonds. The van der Waals surface area contributed by atoms with Crippen molar-refractivity contribution < 1.29 is 0 Å². The third kappa shape index (κ3) is 3.87. The van der Waals surface area contributed by atoms with Crippen molar-refractivity contribution in [3.05, 3.63) is 0 Å². The maximum absolute atomic E-state index is 4.08. The van der Waals surface area contributed by atoms with E-state index in [2.05, 4.69) is 17.1 Å². The Labute approximate surface area is 137 Å². The van der Waals surface area contributed by atoms with Crippen molar-refractivity contribution in [1.29, 1.82) is 0 Å². The van der Waals surface area contributed by atoms with E-state index in [1.54, 1.807) is 0 Å². The monoisotopic (exact) mass is 304 g/mol. The fourth-order valence-corrected chi connectivity index (χ4v) is 5.42. The van der Waals surface area contributed by atoms with Crippen LogP contribution in [0.15, 0.2) is 0 Å². The third-order valence-corrected chi connectivity index (χ3v) is 6.87. The van der Waals surface area contributed by atoms with Crippen LogP contribution in [0.4, 0.5) is 0 Å². The van der Waals surface area contributed by atoms with E-state index < -0.39 is 0 Å². The molecule has 2 nitrogen and oxygen atoms in total. The van der Waals surface area contributed by atoms with Crippen LogP contribution >= 0.6 is 0 Å². The van der Waals surface area contributed by atoms with E-state index in [9.17, 15) is 0 Å². The number of rotatable bonds is 5. The standard InChI is InChI=1S/C20H36N2/c1-15-9-20(10-15)22-13-17(11-16-7-8-16)12-19(14-22)21-18-5-3-2-4-6-18/h15-21H,2-14H2,1H3. The molecule has 1 saturated heterocycles. The van der Waals surface area contributed by atoms with Gasteiger partial charge in [0.25, 0.3) is 0 Å². The van der Waals surface area contributed by atoms with Gasteiger partial charge in [-0.05, 0) is 56.3 Å². The molecule has 4 aliphatic rings. The smallest absolute Gasteiger partial charge is 0.0200 e. The van der Waals surface area contributed by atoms with Crippen LogP contribution in [-0.2, 0) is 0 Å². The Morgan fingerprint density at radius 3 is 2.27 bits per heavy atom. The Bertz CT molecular complexity index is 353. The van der Waals surface area contributed by atoms with Gasteiger partial charge in [0.2, 0.25) is 0 Å². The fraction of sp³-hybridized carbons (Fsp3) is 1.00. The fourth-order valence-electron chi connectivity index (χ4n) is 5.42. The highest BCUT2D eigenvalue weighted by molar-refractivity contribution is 4.94. The number of hydrogen-bond acceptors (Lipinski definition) is 2. The molecular formula is C20H36N2. The van der Waals surface area contributed by atoms with Crippen LogP contribution in [0.25, 0.3) is 0 Å². The van der Waals surface area contributed by atoms with E-state index in [1.807, 2.05) is 0 Å². The molecule has 1 N–H and O–H groups in total. The summed E-state index contributed by atoms with van der Waals surface area (Å²) in [6, 6.07) is 2.55. The van der Waals surface area contributed by atoms with E-state index in [1.165, 1.54) is 83.7 Å². The Balaban J connectivity index is 1.33. The summed E-state index contributed by atoms with van der Waals surface area (Å²) >= 11 is 0. The van der Waals surface area contributed by atoms with Gasteiger partial charge in [0.05, 0.1) is 0 Å². The summed E-state index contributed by atoms with van der Waals surface area (Å²) in [4.78, 5) is 2.89. The van der Waals surface area contributed by atoms with E-state index in [0.29, 0.717) is 0 Å². The second kappa shape index (κ2) is 6.81. The molecule has 0 aromatic rings. The minimum Gasteiger partial charge on any atom is -0.310 e. The van der Waals surface area contributed by atoms with Crippen molar-refractivity contribution in [2.75, 3.05) is 13.1 Å². The van der Waals surface area contributed by atoms with Crippen molar-refractivity contribution >= 4 is 0 Å². The second-order valence-corrected chi connectivity index (χ2v) is 9.16. The summed E-state index contributed by atoms with van der Waals surface area (Å²) in [5.41, 5.74) is 0. The molecule has 4 rings (SSSR count). The summed E-state index contributed by atoms with van der Waals surface area (Å²) in [5.74, 6) is 3.07. The molecule has 2 unspecified atom stereocenters. The van der Waals surface area contributed by atoms with Crippen LogP contribution in [0, 0.1) is 17.8 Å². The first-order valence-corrected chi connectivity index (χ1v) is 10.3. The van der Waals surface area contributed by atoms with Crippen LogP contribution in [0.2, 0.25) is 0 Å². The van der Waals surface area contributed by atoms with E-state index in [-0.39, 0.29) is 0 Å². The molecule has 0 aromatic carbocycles. The molecule has 1 aliphatic heterocycles. The number of piperidine rings is 1. The first kappa shape index (κ1) is 15.4. The summed E-state index contributed by atoms with van der Waals surface area (Å²) in [5, 5.41) is 4.08. The van der Waals surface area contributed by atoms with Crippen molar-refractivity contribution in [3.63, 3.8) is 0 Å². The van der Waals surface area contributed by atoms with Gasteiger partial charge < -0.3 is 5.32 Å². The zero-order valence-corrected chi connectivity index (χ0v) is 14.6. The van der Waals surface area contributed by atoms with Gasteiger partial charge in [-0.15, -0.1) is 0 Å². The second-order valence-electron chi connectivity index (χ2n) is 9.16. The number of hydrogen-bond donors (Lipinski definition) is 1. The van der Waals surface area contributed by atoms with Gasteiger partial charge in [0.15, 0.2) is 0 Å². The summed E-state index contributed by atoms with van der Waals surface area (Å²) in [6.45, 7) is 5.19. The average molecular weight is 305 g/mol. The number of likely N-dealkylation sites (tertiary alicyclic amines) is 1. The highest BCUT2D eigenvalue weighted by Gasteiger charge is 2.38. The van der Waals surface area contributed by atoms with Crippen LogP contribution in [0.3, 0.4) is 0 Å². The Morgan fingerprint density at radius 2 is 1.59 bits per heavy atom. The van der Waals surface area contributed by atoms with Crippen molar-refractivity contribution in [1.82, 2.24) is 10.2 Å². The summed E-state index contributed by atoms with van der Waals surface area (Å²) < 4.78 is 0. The molecule has 22 heavy (non-hydrogen) atoms. The molecule has 2 atom stereocenters. The summed E-state index contributed by atoms with van der Waals surface area (Å²) in [7, 11) is 0. The van der Waals surface area contributed by atoms with Gasteiger partial charge in [-0.25, -0.2) is 0 Å². The van der Waals surface area contributed by atoms with Gasteiger partial charge in [-0.2, -0.15) is 0 Å². The number of nitrogens with zero attached hydrogens (tertiary/aromatic N) is 1. The molecule has 1 heterocycles. The first-order chi connectivity index (χ1) is 10.8. The van der Waals surface area contributed by atoms with Crippen molar-refractivity contribution in [2.24, 2.45) is 17.8 Å². The zero-order chi connectivity index (χ0) is 14.9. The molecule has 0 bridgehead atoms. The van der Waals surface area contributed by atoms with Crippen molar-refractivity contribution in [2.45, 2.75) is 95.7 Å². The van der Waals surface area contributed by atoms with Gasteiger partial charge in [-0.1, -0.05) is 39.0 Å². The molecule has 3 aliphatic carbocycles. The largest absolute Gasteiger partial charge is 0.310 e. The third-order valence-electron chi connectivity index (χ3n) is 6.87. The zero-order valence-electron chi connectivity index (χ0n) is 14.6. The first-order valence-electron chi connectivity index (χ1n) is 10.3. The predicted molar refractivity (Wildman–Crippen MR) is 93.0 cm³/mol. The quantitative estimate of drug-likeness (QED) is 0.819. The molecule has 3 saturated carbocycles. The lowest BCUT2D eigenvalue weighted by molar-refractivity contribution is 0.0277. The minimum atomic E-state index is 0.788. The van der Waals surface area contributed by atoms with Crippen LogP contribution in [0.5, 0.6) is 0 Å². The molecule has 0 radical (unpaired) electrons. The summed E-state index contributed by atoms with van der Waals surface area (Å²) in [6.07, 6.45) is 16.2. The maximum Gasteiger partial charge on any atom is 0.0200 e. The lowest BCUT2D eigenvalue weighted by Crippen LogP contribution is -2.57. The minimum absolute atomic E-state index is 0.788. The topological polar surface area (TPSA) is 15.3 Å². The van der Waals surface area contributed by atoms with Gasteiger partial charge in [-0.3, -0.25) is 4.90 Å². The molecule has 126 valence electrons. The lowest BCUT2D eigenvalue weighted by Gasteiger charge is -2.48. The average Bonchev–Trinajstić information content (AvgIpc) is 3.29. The van der Waals surface area contributed by atoms with Crippen LogP contribution in [0.1, 0.15) is 77.6 Å². The molecule has 4 fully saturated rings. The lowest BCUT2D eigenvalue weighted by atomic mass is 9.78. The SMILES string of the molecule is CC1CC(N2CC(CC3CC3)CC(NC3CCCCC3)C2)C1. The Kier molecular flexibility index (Phi) is 4.78. The maximum atomic E-state index is 4.08. The van der Waals surface area contributed by atoms with Crippen LogP contribution < -0.4 is 5.32 Å². The molecule has 2 heteroatoms. The molecular weight excluding hydrogens is 268 g/mol. The van der Waals surface area contributed by atoms with Crippen molar-refractivity contribution in [3.8, 4) is 0 Å². The Morgan fingerprint density at radius 1 is 0.818 bits per heavy atom. The highest BCUT2D eigenvalue weighted by Crippen LogP contribution is 2.40.